The Kier molecular flexibility index (Phi) is 5.40. The highest BCUT2D eigenvalue weighted by atomic mass is 35.5. The van der Waals surface area contributed by atoms with E-state index in [2.05, 4.69) is 20.6 Å². The molecule has 1 aromatic carbocycles. The lowest BCUT2D eigenvalue weighted by molar-refractivity contribution is -0.116. The fourth-order valence-electron chi connectivity index (χ4n) is 1.49. The molecule has 1 aromatic heterocycles. The third-order valence-corrected chi connectivity index (χ3v) is 2.63. The Labute approximate surface area is 116 Å². The van der Waals surface area contributed by atoms with Gasteiger partial charge in [-0.25, -0.2) is 4.98 Å². The number of imidazole rings is 1. The van der Waals surface area contributed by atoms with Crippen LogP contribution in [0.25, 0.3) is 11.0 Å². The number of aromatic nitrogens is 2. The van der Waals surface area contributed by atoms with E-state index in [0.717, 1.165) is 5.52 Å². The first-order valence-corrected chi connectivity index (χ1v) is 5.67. The summed E-state index contributed by atoms with van der Waals surface area (Å²) in [5, 5.41) is 6.16. The van der Waals surface area contributed by atoms with Crippen molar-refractivity contribution in [1.82, 2.24) is 15.3 Å². The number of nitrogens with zero attached hydrogens (tertiary/aromatic N) is 1. The Hall–Kier alpha value is -1.30. The van der Waals surface area contributed by atoms with Gasteiger partial charge in [-0.05, 0) is 19.2 Å². The number of carbonyl (C=O) groups is 1. The topological polar surface area (TPSA) is 69.8 Å². The van der Waals surface area contributed by atoms with Crippen molar-refractivity contribution in [3.05, 3.63) is 23.2 Å². The second-order valence-electron chi connectivity index (χ2n) is 3.62. The summed E-state index contributed by atoms with van der Waals surface area (Å²) >= 11 is 5.99. The molecule has 7 heteroatoms. The number of H-pyrrole nitrogens is 1. The van der Waals surface area contributed by atoms with Crippen LogP contribution in [0.4, 0.5) is 5.95 Å². The van der Waals surface area contributed by atoms with Crippen LogP contribution < -0.4 is 10.6 Å². The number of hydrogen-bond acceptors (Lipinski definition) is 3. The number of aromatic amines is 1. The molecule has 18 heavy (non-hydrogen) atoms. The third-order valence-electron chi connectivity index (χ3n) is 2.32. The highest BCUT2D eigenvalue weighted by Gasteiger charge is 2.08. The summed E-state index contributed by atoms with van der Waals surface area (Å²) in [6.45, 7) is 0.632. The summed E-state index contributed by atoms with van der Waals surface area (Å²) in [6.07, 6.45) is 0.404. The largest absolute Gasteiger partial charge is 0.324 e. The third kappa shape index (κ3) is 3.35. The van der Waals surface area contributed by atoms with E-state index in [4.69, 9.17) is 11.6 Å². The summed E-state index contributed by atoms with van der Waals surface area (Å²) in [5.74, 6) is 0.337. The van der Waals surface area contributed by atoms with E-state index < -0.39 is 0 Å². The van der Waals surface area contributed by atoms with Gasteiger partial charge in [0, 0.05) is 13.0 Å². The minimum Gasteiger partial charge on any atom is -0.324 e. The maximum Gasteiger partial charge on any atom is 0.227 e. The van der Waals surface area contributed by atoms with Crippen LogP contribution >= 0.6 is 24.0 Å². The number of hydrogen-bond donors (Lipinski definition) is 3. The van der Waals surface area contributed by atoms with Gasteiger partial charge in [-0.15, -0.1) is 12.4 Å². The van der Waals surface area contributed by atoms with E-state index in [1.807, 2.05) is 12.1 Å². The molecule has 0 fully saturated rings. The molecule has 0 radical (unpaired) electrons. The minimum atomic E-state index is -0.0884. The second kappa shape index (κ2) is 6.58. The zero-order valence-corrected chi connectivity index (χ0v) is 11.4. The summed E-state index contributed by atoms with van der Waals surface area (Å²) in [4.78, 5) is 18.7. The van der Waals surface area contributed by atoms with Gasteiger partial charge in [-0.3, -0.25) is 10.1 Å². The molecule has 0 atom stereocenters. The Morgan fingerprint density at radius 1 is 1.50 bits per heavy atom. The van der Waals surface area contributed by atoms with E-state index in [1.54, 1.807) is 13.1 Å². The van der Waals surface area contributed by atoms with Crippen molar-refractivity contribution >= 4 is 46.9 Å². The van der Waals surface area contributed by atoms with E-state index in [1.165, 1.54) is 0 Å². The van der Waals surface area contributed by atoms with E-state index >= 15 is 0 Å². The maximum atomic E-state index is 11.5. The number of rotatable bonds is 4. The highest BCUT2D eigenvalue weighted by Crippen LogP contribution is 2.22. The average molecular weight is 289 g/mol. The van der Waals surface area contributed by atoms with Crippen LogP contribution in [0.1, 0.15) is 6.42 Å². The Balaban J connectivity index is 0.00000162. The molecule has 0 spiro atoms. The smallest absolute Gasteiger partial charge is 0.227 e. The molecule has 0 aliphatic carbocycles. The lowest BCUT2D eigenvalue weighted by atomic mass is 10.3. The van der Waals surface area contributed by atoms with Crippen LogP contribution in [-0.4, -0.2) is 29.5 Å². The monoisotopic (exact) mass is 288 g/mol. The van der Waals surface area contributed by atoms with Crippen LogP contribution in [0.15, 0.2) is 18.2 Å². The summed E-state index contributed by atoms with van der Waals surface area (Å²) < 4.78 is 0. The molecular weight excluding hydrogens is 275 g/mol. The second-order valence-corrected chi connectivity index (χ2v) is 4.03. The van der Waals surface area contributed by atoms with E-state index in [-0.39, 0.29) is 18.3 Å². The predicted molar refractivity (Wildman–Crippen MR) is 75.5 cm³/mol. The SMILES string of the molecule is CNCCC(=O)Nc1nc2c(Cl)cccc2[nH]1.Cl. The summed E-state index contributed by atoms with van der Waals surface area (Å²) in [6, 6.07) is 5.45. The first-order chi connectivity index (χ1) is 8.20. The van der Waals surface area contributed by atoms with Crippen molar-refractivity contribution in [2.45, 2.75) is 6.42 Å². The zero-order chi connectivity index (χ0) is 12.3. The molecular formula is C11H14Cl2N4O. The number of para-hydroxylation sites is 1. The van der Waals surface area contributed by atoms with Crippen molar-refractivity contribution in [2.24, 2.45) is 0 Å². The van der Waals surface area contributed by atoms with Gasteiger partial charge in [0.25, 0.3) is 0 Å². The van der Waals surface area contributed by atoms with Crippen LogP contribution in [0.2, 0.25) is 5.02 Å². The number of nitrogens with one attached hydrogen (secondary N) is 3. The predicted octanol–water partition coefficient (Wildman–Crippen LogP) is 2.19. The molecule has 2 rings (SSSR count). The Bertz CT molecular complexity index is 541. The van der Waals surface area contributed by atoms with Crippen molar-refractivity contribution in [2.75, 3.05) is 18.9 Å². The molecule has 5 nitrogen and oxygen atoms in total. The molecule has 1 amide bonds. The molecule has 0 unspecified atom stereocenters. The zero-order valence-electron chi connectivity index (χ0n) is 9.79. The number of benzene rings is 1. The number of fused-ring (bicyclic) bond motifs is 1. The fourth-order valence-corrected chi connectivity index (χ4v) is 1.71. The normalized spacial score (nSPS) is 10.1. The standard InChI is InChI=1S/C11H13ClN4O.ClH/c1-13-6-5-9(17)15-11-14-8-4-2-3-7(12)10(8)16-11;/h2-4,13H,5-6H2,1H3,(H2,14,15,16,17);1H. The first kappa shape index (κ1) is 14.8. The lowest BCUT2D eigenvalue weighted by Gasteiger charge is -2.00. The van der Waals surface area contributed by atoms with Crippen molar-refractivity contribution in [1.29, 1.82) is 0 Å². The Morgan fingerprint density at radius 3 is 2.94 bits per heavy atom. The highest BCUT2D eigenvalue weighted by molar-refractivity contribution is 6.35. The van der Waals surface area contributed by atoms with Crippen LogP contribution in [0.3, 0.4) is 0 Å². The van der Waals surface area contributed by atoms with E-state index in [9.17, 15) is 4.79 Å². The summed E-state index contributed by atoms with van der Waals surface area (Å²) in [5.41, 5.74) is 1.47. The van der Waals surface area contributed by atoms with Crippen LogP contribution in [-0.2, 0) is 4.79 Å². The summed E-state index contributed by atoms with van der Waals surface area (Å²) in [7, 11) is 1.80. The van der Waals surface area contributed by atoms with Gasteiger partial charge in [-0.2, -0.15) is 0 Å². The van der Waals surface area contributed by atoms with Gasteiger partial charge in [0.1, 0.15) is 5.52 Å². The lowest BCUT2D eigenvalue weighted by Crippen LogP contribution is -2.19. The molecule has 0 saturated carbocycles. The Morgan fingerprint density at radius 2 is 2.28 bits per heavy atom. The van der Waals surface area contributed by atoms with Crippen LogP contribution in [0, 0.1) is 0 Å². The van der Waals surface area contributed by atoms with Gasteiger partial charge in [-0.1, -0.05) is 17.7 Å². The van der Waals surface area contributed by atoms with Crippen LogP contribution in [0.5, 0.6) is 0 Å². The van der Waals surface area contributed by atoms with Gasteiger partial charge < -0.3 is 10.3 Å². The average Bonchev–Trinajstić information content (AvgIpc) is 2.70. The first-order valence-electron chi connectivity index (χ1n) is 5.29. The number of amides is 1. The maximum absolute atomic E-state index is 11.5. The van der Waals surface area contributed by atoms with Gasteiger partial charge in [0.15, 0.2) is 0 Å². The molecule has 0 aliphatic rings. The molecule has 0 bridgehead atoms. The van der Waals surface area contributed by atoms with Gasteiger partial charge >= 0.3 is 0 Å². The molecule has 0 aliphatic heterocycles. The molecule has 98 valence electrons. The van der Waals surface area contributed by atoms with Crippen molar-refractivity contribution < 1.29 is 4.79 Å². The quantitative estimate of drug-likeness (QED) is 0.808. The minimum absolute atomic E-state index is 0. The van der Waals surface area contributed by atoms with Gasteiger partial charge in [0.2, 0.25) is 11.9 Å². The molecule has 0 saturated heterocycles. The molecule has 1 heterocycles. The number of carbonyl (C=O) groups excluding carboxylic acids is 1. The van der Waals surface area contributed by atoms with E-state index in [0.29, 0.717) is 29.5 Å². The number of halogens is 2. The number of anilines is 1. The molecule has 3 N–H and O–H groups in total. The van der Waals surface area contributed by atoms with Gasteiger partial charge in [0.05, 0.1) is 10.5 Å². The van der Waals surface area contributed by atoms with Crippen molar-refractivity contribution in [3.63, 3.8) is 0 Å². The fraction of sp³-hybridized carbons (Fsp3) is 0.273. The molecule has 2 aromatic rings. The van der Waals surface area contributed by atoms with Crippen molar-refractivity contribution in [3.8, 4) is 0 Å².